The van der Waals surface area contributed by atoms with E-state index in [1.165, 1.54) is 7.11 Å². The van der Waals surface area contributed by atoms with Crippen LogP contribution in [0.5, 0.6) is 11.5 Å². The number of aliphatic hydroxyl groups excluding tert-OH is 1. The topological polar surface area (TPSA) is 96.6 Å². The molecule has 0 spiro atoms. The molecule has 1 aromatic carbocycles. The van der Waals surface area contributed by atoms with Crippen molar-refractivity contribution in [1.29, 1.82) is 0 Å². The molecule has 0 fully saturated rings. The molecule has 0 radical (unpaired) electrons. The van der Waals surface area contributed by atoms with E-state index in [0.717, 1.165) is 11.3 Å². The van der Waals surface area contributed by atoms with Crippen LogP contribution in [0.25, 0.3) is 0 Å². The fraction of sp³-hybridized carbons (Fsp3) is 0.444. The summed E-state index contributed by atoms with van der Waals surface area (Å²) in [6.45, 7) is 4.64. The van der Waals surface area contributed by atoms with Gasteiger partial charge in [-0.3, -0.25) is 9.48 Å². The Morgan fingerprint density at radius 3 is 2.76 bits per heavy atom. The Bertz CT molecular complexity index is 727. The fourth-order valence-electron chi connectivity index (χ4n) is 2.69. The maximum absolute atomic E-state index is 12.3. The lowest BCUT2D eigenvalue weighted by Crippen LogP contribution is -2.33. The van der Waals surface area contributed by atoms with Gasteiger partial charge in [0.2, 0.25) is 0 Å². The maximum atomic E-state index is 12.3. The number of phenols is 1. The van der Waals surface area contributed by atoms with Crippen molar-refractivity contribution in [2.45, 2.75) is 26.8 Å². The third-order valence-electron chi connectivity index (χ3n) is 4.01. The minimum Gasteiger partial charge on any atom is -0.504 e. The zero-order chi connectivity index (χ0) is 18.4. The molecule has 0 saturated carbocycles. The smallest absolute Gasteiger partial charge is 0.269 e. The SMILES string of the molecule is CCn1nc(C)cc1C(=O)NC[C@H](CO)Cc1ccc(OC)c(O)c1. The Kier molecular flexibility index (Phi) is 6.41. The Morgan fingerprint density at radius 2 is 2.16 bits per heavy atom. The molecule has 2 rings (SSSR count). The summed E-state index contributed by atoms with van der Waals surface area (Å²) in [6.07, 6.45) is 0.528. The molecular weight excluding hydrogens is 322 g/mol. The van der Waals surface area contributed by atoms with Gasteiger partial charge in [0.25, 0.3) is 5.91 Å². The number of carbonyl (C=O) groups excluding carboxylic acids is 1. The molecule has 0 saturated heterocycles. The molecule has 136 valence electrons. The summed E-state index contributed by atoms with van der Waals surface area (Å²) >= 11 is 0. The molecule has 0 bridgehead atoms. The predicted molar refractivity (Wildman–Crippen MR) is 93.9 cm³/mol. The lowest BCUT2D eigenvalue weighted by molar-refractivity contribution is 0.0929. The third-order valence-corrected chi connectivity index (χ3v) is 4.01. The Labute approximate surface area is 147 Å². The third kappa shape index (κ3) is 4.73. The van der Waals surface area contributed by atoms with Crippen LogP contribution < -0.4 is 10.1 Å². The zero-order valence-corrected chi connectivity index (χ0v) is 14.8. The van der Waals surface area contributed by atoms with Gasteiger partial charge >= 0.3 is 0 Å². The zero-order valence-electron chi connectivity index (χ0n) is 14.8. The number of ether oxygens (including phenoxy) is 1. The van der Waals surface area contributed by atoms with Crippen LogP contribution in [-0.4, -0.2) is 46.2 Å². The van der Waals surface area contributed by atoms with E-state index in [1.807, 2.05) is 19.9 Å². The standard InChI is InChI=1S/C18H25N3O4/c1-4-21-15(7-12(2)20-21)18(24)19-10-14(11-22)8-13-5-6-17(25-3)16(23)9-13/h5-7,9,14,22-23H,4,8,10-11H2,1-3H3,(H,19,24)/t14-/m1/s1. The number of aromatic hydroxyl groups is 1. The molecule has 1 atom stereocenters. The van der Waals surface area contributed by atoms with Gasteiger partial charge in [0.1, 0.15) is 5.69 Å². The summed E-state index contributed by atoms with van der Waals surface area (Å²) in [6, 6.07) is 6.87. The van der Waals surface area contributed by atoms with E-state index in [9.17, 15) is 15.0 Å². The number of aromatic nitrogens is 2. The van der Waals surface area contributed by atoms with Crippen molar-refractivity contribution in [1.82, 2.24) is 15.1 Å². The summed E-state index contributed by atoms with van der Waals surface area (Å²) in [7, 11) is 1.49. The molecule has 3 N–H and O–H groups in total. The number of benzene rings is 1. The van der Waals surface area contributed by atoms with E-state index in [-0.39, 0.29) is 24.2 Å². The molecule has 0 unspecified atom stereocenters. The van der Waals surface area contributed by atoms with E-state index >= 15 is 0 Å². The summed E-state index contributed by atoms with van der Waals surface area (Å²) < 4.78 is 6.67. The number of hydrogen-bond acceptors (Lipinski definition) is 5. The van der Waals surface area contributed by atoms with Crippen molar-refractivity contribution in [3.63, 3.8) is 0 Å². The lowest BCUT2D eigenvalue weighted by Gasteiger charge is -2.16. The summed E-state index contributed by atoms with van der Waals surface area (Å²) in [5.41, 5.74) is 2.17. The van der Waals surface area contributed by atoms with Crippen LogP contribution in [0.3, 0.4) is 0 Å². The number of nitrogens with one attached hydrogen (secondary N) is 1. The number of phenolic OH excluding ortho intramolecular Hbond substituents is 1. The highest BCUT2D eigenvalue weighted by molar-refractivity contribution is 5.92. The molecule has 0 aliphatic heterocycles. The van der Waals surface area contributed by atoms with Crippen molar-refractivity contribution in [3.8, 4) is 11.5 Å². The lowest BCUT2D eigenvalue weighted by atomic mass is 9.99. The van der Waals surface area contributed by atoms with E-state index < -0.39 is 0 Å². The maximum Gasteiger partial charge on any atom is 0.269 e. The van der Waals surface area contributed by atoms with Gasteiger partial charge in [-0.05, 0) is 44.0 Å². The number of aliphatic hydroxyl groups is 1. The van der Waals surface area contributed by atoms with Crippen LogP contribution >= 0.6 is 0 Å². The highest BCUT2D eigenvalue weighted by Gasteiger charge is 2.16. The summed E-state index contributed by atoms with van der Waals surface area (Å²) in [4.78, 5) is 12.3. The highest BCUT2D eigenvalue weighted by Crippen LogP contribution is 2.27. The molecule has 1 aromatic heterocycles. The summed E-state index contributed by atoms with van der Waals surface area (Å²) in [5, 5.41) is 26.5. The number of aryl methyl sites for hydroxylation is 2. The van der Waals surface area contributed by atoms with Crippen LogP contribution in [0.4, 0.5) is 0 Å². The summed E-state index contributed by atoms with van der Waals surface area (Å²) in [5.74, 6) is 0.0955. The second-order valence-corrected chi connectivity index (χ2v) is 5.96. The Hall–Kier alpha value is -2.54. The van der Waals surface area contributed by atoms with Gasteiger partial charge in [-0.2, -0.15) is 5.10 Å². The molecule has 7 heteroatoms. The van der Waals surface area contributed by atoms with Gasteiger partial charge in [-0.25, -0.2) is 0 Å². The van der Waals surface area contributed by atoms with Gasteiger partial charge < -0.3 is 20.3 Å². The van der Waals surface area contributed by atoms with Gasteiger partial charge in [-0.15, -0.1) is 0 Å². The monoisotopic (exact) mass is 347 g/mol. The second kappa shape index (κ2) is 8.53. The average molecular weight is 347 g/mol. The van der Waals surface area contributed by atoms with Crippen molar-refractivity contribution in [2.24, 2.45) is 5.92 Å². The van der Waals surface area contributed by atoms with E-state index in [4.69, 9.17) is 4.74 Å². The number of rotatable bonds is 8. The van der Waals surface area contributed by atoms with Gasteiger partial charge in [0.15, 0.2) is 11.5 Å². The Morgan fingerprint density at radius 1 is 1.40 bits per heavy atom. The largest absolute Gasteiger partial charge is 0.504 e. The van der Waals surface area contributed by atoms with Crippen LogP contribution in [0.1, 0.15) is 28.7 Å². The number of amides is 1. The number of methoxy groups -OCH3 is 1. The van der Waals surface area contributed by atoms with Gasteiger partial charge in [-0.1, -0.05) is 6.07 Å². The molecule has 0 aliphatic rings. The first kappa shape index (κ1) is 18.8. The Balaban J connectivity index is 1.97. The molecule has 1 heterocycles. The number of nitrogens with zero attached hydrogens (tertiary/aromatic N) is 2. The average Bonchev–Trinajstić information content (AvgIpc) is 2.99. The van der Waals surface area contributed by atoms with Crippen molar-refractivity contribution in [3.05, 3.63) is 41.2 Å². The number of hydrogen-bond donors (Lipinski definition) is 3. The van der Waals surface area contributed by atoms with Gasteiger partial charge in [0, 0.05) is 25.6 Å². The molecule has 25 heavy (non-hydrogen) atoms. The first-order valence-corrected chi connectivity index (χ1v) is 8.27. The molecular formula is C18H25N3O4. The first-order chi connectivity index (χ1) is 12.0. The van der Waals surface area contributed by atoms with Crippen LogP contribution in [0, 0.1) is 12.8 Å². The molecule has 0 aliphatic carbocycles. The van der Waals surface area contributed by atoms with E-state index in [1.54, 1.807) is 22.9 Å². The van der Waals surface area contributed by atoms with E-state index in [0.29, 0.717) is 31.0 Å². The van der Waals surface area contributed by atoms with Crippen LogP contribution in [0.15, 0.2) is 24.3 Å². The minimum atomic E-state index is -0.210. The number of carbonyl (C=O) groups is 1. The van der Waals surface area contributed by atoms with E-state index in [2.05, 4.69) is 10.4 Å². The van der Waals surface area contributed by atoms with Crippen molar-refractivity contribution in [2.75, 3.05) is 20.3 Å². The minimum absolute atomic E-state index is 0.0584. The molecule has 2 aromatic rings. The van der Waals surface area contributed by atoms with Crippen molar-refractivity contribution >= 4 is 5.91 Å². The highest BCUT2D eigenvalue weighted by atomic mass is 16.5. The first-order valence-electron chi connectivity index (χ1n) is 8.27. The predicted octanol–water partition coefficient (Wildman–Crippen LogP) is 1.51. The van der Waals surface area contributed by atoms with Crippen molar-refractivity contribution < 1.29 is 19.7 Å². The quantitative estimate of drug-likeness (QED) is 0.672. The molecule has 7 nitrogen and oxygen atoms in total. The second-order valence-electron chi connectivity index (χ2n) is 5.96. The normalized spacial score (nSPS) is 12.0. The fourth-order valence-corrected chi connectivity index (χ4v) is 2.69. The van der Waals surface area contributed by atoms with Gasteiger partial charge in [0.05, 0.1) is 12.8 Å². The molecule has 1 amide bonds. The van der Waals surface area contributed by atoms with Crippen LogP contribution in [-0.2, 0) is 13.0 Å². The van der Waals surface area contributed by atoms with Crippen LogP contribution in [0.2, 0.25) is 0 Å².